The summed E-state index contributed by atoms with van der Waals surface area (Å²) in [6.07, 6.45) is -2.59. The molecule has 0 spiro atoms. The summed E-state index contributed by atoms with van der Waals surface area (Å²) in [6, 6.07) is 10.4. The SMILES string of the molecule is FC(F)(F)c1cccc(COc2cc3cc[nH]c3cc2Cl)c1. The van der Waals surface area contributed by atoms with Gasteiger partial charge in [0.1, 0.15) is 12.4 Å². The average molecular weight is 326 g/mol. The standard InChI is InChI=1S/C16H11ClF3NO/c17-13-8-14-11(4-5-21-14)7-15(13)22-9-10-2-1-3-12(6-10)16(18,19)20/h1-8,21H,9H2. The van der Waals surface area contributed by atoms with Crippen LogP contribution in [0.4, 0.5) is 13.2 Å². The molecule has 114 valence electrons. The second-order valence-corrected chi connectivity index (χ2v) is 5.24. The maximum atomic E-state index is 12.7. The van der Waals surface area contributed by atoms with E-state index in [4.69, 9.17) is 16.3 Å². The van der Waals surface area contributed by atoms with E-state index < -0.39 is 11.7 Å². The molecule has 2 nitrogen and oxygen atoms in total. The van der Waals surface area contributed by atoms with Gasteiger partial charge in [0.05, 0.1) is 10.6 Å². The van der Waals surface area contributed by atoms with E-state index in [9.17, 15) is 13.2 Å². The number of hydrogen-bond acceptors (Lipinski definition) is 1. The zero-order valence-electron chi connectivity index (χ0n) is 11.2. The van der Waals surface area contributed by atoms with Gasteiger partial charge in [0.15, 0.2) is 0 Å². The molecule has 1 N–H and O–H groups in total. The number of nitrogens with one attached hydrogen (secondary N) is 1. The molecule has 0 fully saturated rings. The van der Waals surface area contributed by atoms with Crippen molar-refractivity contribution in [2.24, 2.45) is 0 Å². The Kier molecular flexibility index (Phi) is 3.74. The highest BCUT2D eigenvalue weighted by Gasteiger charge is 2.30. The van der Waals surface area contributed by atoms with Crippen LogP contribution in [0.3, 0.4) is 0 Å². The van der Waals surface area contributed by atoms with Gasteiger partial charge in [0.2, 0.25) is 0 Å². The molecule has 3 aromatic rings. The largest absolute Gasteiger partial charge is 0.487 e. The summed E-state index contributed by atoms with van der Waals surface area (Å²) < 4.78 is 43.6. The molecule has 2 aromatic carbocycles. The number of halogens is 4. The lowest BCUT2D eigenvalue weighted by atomic mass is 10.1. The summed E-state index contributed by atoms with van der Waals surface area (Å²) in [6.45, 7) is 0.0135. The van der Waals surface area contributed by atoms with Crippen LogP contribution in [-0.2, 0) is 12.8 Å². The first-order chi connectivity index (χ1) is 10.4. The summed E-state index contributed by atoms with van der Waals surface area (Å²) in [4.78, 5) is 3.02. The Labute approximate surface area is 129 Å². The van der Waals surface area contributed by atoms with E-state index in [-0.39, 0.29) is 6.61 Å². The highest BCUT2D eigenvalue weighted by molar-refractivity contribution is 6.32. The van der Waals surface area contributed by atoms with Crippen LogP contribution in [0.2, 0.25) is 5.02 Å². The van der Waals surface area contributed by atoms with Crippen molar-refractivity contribution < 1.29 is 17.9 Å². The van der Waals surface area contributed by atoms with E-state index in [0.29, 0.717) is 16.3 Å². The molecule has 0 aliphatic rings. The third-order valence-corrected chi connectivity index (χ3v) is 3.55. The molecule has 1 aromatic heterocycles. The van der Waals surface area contributed by atoms with Crippen LogP contribution in [0.5, 0.6) is 5.75 Å². The van der Waals surface area contributed by atoms with Crippen LogP contribution in [0, 0.1) is 0 Å². The summed E-state index contributed by atoms with van der Waals surface area (Å²) in [7, 11) is 0. The Morgan fingerprint density at radius 2 is 1.91 bits per heavy atom. The maximum Gasteiger partial charge on any atom is 0.416 e. The zero-order valence-corrected chi connectivity index (χ0v) is 12.0. The van der Waals surface area contributed by atoms with Crippen molar-refractivity contribution >= 4 is 22.5 Å². The average Bonchev–Trinajstić information content (AvgIpc) is 2.91. The predicted octanol–water partition coefficient (Wildman–Crippen LogP) is 5.42. The molecule has 0 aliphatic heterocycles. The lowest BCUT2D eigenvalue weighted by Gasteiger charge is -2.11. The zero-order chi connectivity index (χ0) is 15.7. The first-order valence-electron chi connectivity index (χ1n) is 6.49. The van der Waals surface area contributed by atoms with Crippen molar-refractivity contribution in [2.75, 3.05) is 0 Å². The van der Waals surface area contributed by atoms with Crippen molar-refractivity contribution in [1.82, 2.24) is 4.98 Å². The molecular weight excluding hydrogens is 315 g/mol. The van der Waals surface area contributed by atoms with Crippen LogP contribution in [-0.4, -0.2) is 4.98 Å². The lowest BCUT2D eigenvalue weighted by Crippen LogP contribution is -2.06. The predicted molar refractivity (Wildman–Crippen MR) is 79.1 cm³/mol. The number of fused-ring (bicyclic) bond motifs is 1. The monoisotopic (exact) mass is 325 g/mol. The molecule has 22 heavy (non-hydrogen) atoms. The number of aromatic amines is 1. The summed E-state index contributed by atoms with van der Waals surface area (Å²) in [5.41, 5.74) is 0.609. The van der Waals surface area contributed by atoms with E-state index in [1.165, 1.54) is 6.07 Å². The molecule has 6 heteroatoms. The number of aromatic nitrogens is 1. The normalized spacial score (nSPS) is 11.8. The number of alkyl halides is 3. The fraction of sp³-hybridized carbons (Fsp3) is 0.125. The summed E-state index contributed by atoms with van der Waals surface area (Å²) >= 11 is 6.11. The van der Waals surface area contributed by atoms with E-state index >= 15 is 0 Å². The lowest BCUT2D eigenvalue weighted by molar-refractivity contribution is -0.137. The second-order valence-electron chi connectivity index (χ2n) is 4.83. The van der Waals surface area contributed by atoms with Crippen molar-refractivity contribution in [1.29, 1.82) is 0 Å². The highest BCUT2D eigenvalue weighted by atomic mass is 35.5. The van der Waals surface area contributed by atoms with Crippen LogP contribution in [0.1, 0.15) is 11.1 Å². The Morgan fingerprint density at radius 3 is 2.68 bits per heavy atom. The van der Waals surface area contributed by atoms with Crippen molar-refractivity contribution in [3.63, 3.8) is 0 Å². The van der Waals surface area contributed by atoms with Crippen LogP contribution in [0.15, 0.2) is 48.7 Å². The summed E-state index contributed by atoms with van der Waals surface area (Å²) in [5.74, 6) is 0.436. The number of H-pyrrole nitrogens is 1. The minimum Gasteiger partial charge on any atom is -0.487 e. The van der Waals surface area contributed by atoms with Gasteiger partial charge in [0, 0.05) is 17.1 Å². The number of benzene rings is 2. The Balaban J connectivity index is 1.80. The Morgan fingerprint density at radius 1 is 1.09 bits per heavy atom. The quantitative estimate of drug-likeness (QED) is 0.683. The van der Waals surface area contributed by atoms with Gasteiger partial charge in [-0.05, 0) is 35.9 Å². The highest BCUT2D eigenvalue weighted by Crippen LogP contribution is 2.32. The smallest absolute Gasteiger partial charge is 0.416 e. The Bertz CT molecular complexity index is 811. The summed E-state index contributed by atoms with van der Waals surface area (Å²) in [5, 5.41) is 1.32. The minimum atomic E-state index is -4.36. The molecule has 3 rings (SSSR count). The molecule has 0 bridgehead atoms. The van der Waals surface area contributed by atoms with E-state index in [2.05, 4.69) is 4.98 Å². The topological polar surface area (TPSA) is 25.0 Å². The Hall–Kier alpha value is -2.14. The van der Waals surface area contributed by atoms with Gasteiger partial charge < -0.3 is 9.72 Å². The number of hydrogen-bond donors (Lipinski definition) is 1. The maximum absolute atomic E-state index is 12.7. The van der Waals surface area contributed by atoms with Gasteiger partial charge in [0.25, 0.3) is 0 Å². The molecule has 0 amide bonds. The molecule has 1 heterocycles. The third kappa shape index (κ3) is 3.04. The molecule has 0 saturated heterocycles. The molecular formula is C16H11ClF3NO. The molecule has 0 radical (unpaired) electrons. The fourth-order valence-electron chi connectivity index (χ4n) is 2.16. The van der Waals surface area contributed by atoms with Crippen LogP contribution in [0.25, 0.3) is 10.9 Å². The number of ether oxygens (including phenoxy) is 1. The van der Waals surface area contributed by atoms with Gasteiger partial charge in [-0.2, -0.15) is 13.2 Å². The van der Waals surface area contributed by atoms with Crippen molar-refractivity contribution in [2.45, 2.75) is 12.8 Å². The minimum absolute atomic E-state index is 0.0135. The van der Waals surface area contributed by atoms with Gasteiger partial charge in [-0.1, -0.05) is 23.7 Å². The van der Waals surface area contributed by atoms with Crippen LogP contribution >= 0.6 is 11.6 Å². The van der Waals surface area contributed by atoms with Crippen molar-refractivity contribution in [3.8, 4) is 5.75 Å². The van der Waals surface area contributed by atoms with E-state index in [1.54, 1.807) is 24.4 Å². The van der Waals surface area contributed by atoms with Gasteiger partial charge in [-0.15, -0.1) is 0 Å². The molecule has 0 unspecified atom stereocenters. The fourth-order valence-corrected chi connectivity index (χ4v) is 2.38. The van der Waals surface area contributed by atoms with Gasteiger partial charge in [-0.25, -0.2) is 0 Å². The first kappa shape index (κ1) is 14.8. The van der Waals surface area contributed by atoms with Crippen molar-refractivity contribution in [3.05, 3.63) is 64.8 Å². The van der Waals surface area contributed by atoms with Gasteiger partial charge in [-0.3, -0.25) is 0 Å². The molecule has 0 atom stereocenters. The van der Waals surface area contributed by atoms with Crippen LogP contribution < -0.4 is 4.74 Å². The molecule has 0 aliphatic carbocycles. The number of rotatable bonds is 3. The van der Waals surface area contributed by atoms with E-state index in [0.717, 1.165) is 23.0 Å². The van der Waals surface area contributed by atoms with Gasteiger partial charge >= 0.3 is 6.18 Å². The third-order valence-electron chi connectivity index (χ3n) is 3.25. The molecule has 0 saturated carbocycles. The second kappa shape index (κ2) is 5.57. The van der Waals surface area contributed by atoms with E-state index in [1.807, 2.05) is 6.07 Å². The first-order valence-corrected chi connectivity index (χ1v) is 6.87.